The predicted octanol–water partition coefficient (Wildman–Crippen LogP) is 6.21. The third kappa shape index (κ3) is 5.97. The molecule has 1 saturated heterocycles. The number of anilines is 1. The van der Waals surface area contributed by atoms with Crippen LogP contribution in [0.3, 0.4) is 0 Å². The fourth-order valence-corrected chi connectivity index (χ4v) is 5.06. The average molecular weight is 631 g/mol. The van der Waals surface area contributed by atoms with Gasteiger partial charge in [0.2, 0.25) is 0 Å². The van der Waals surface area contributed by atoms with Crippen molar-refractivity contribution in [2.75, 3.05) is 11.5 Å². The highest BCUT2D eigenvalue weighted by atomic mass is 127. The Labute approximate surface area is 233 Å². The number of aryl methyl sites for hydroxylation is 2. The van der Waals surface area contributed by atoms with Crippen molar-refractivity contribution in [3.8, 4) is 11.5 Å². The Bertz CT molecular complexity index is 1420. The molecule has 4 rings (SSSR count). The van der Waals surface area contributed by atoms with E-state index in [1.54, 1.807) is 30.3 Å². The lowest BCUT2D eigenvalue weighted by molar-refractivity contribution is -0.122. The summed E-state index contributed by atoms with van der Waals surface area (Å²) in [4.78, 5) is 39.2. The first-order valence-electron chi connectivity index (χ1n) is 11.5. The molecule has 190 valence electrons. The number of imide groups is 2. The molecule has 1 heterocycles. The first-order chi connectivity index (χ1) is 17.7. The summed E-state index contributed by atoms with van der Waals surface area (Å²) in [6, 6.07) is 15.3. The molecular weight excluding hydrogens is 607 g/mol. The lowest BCUT2D eigenvalue weighted by Gasteiger charge is -2.27. The zero-order valence-electron chi connectivity index (χ0n) is 20.4. The molecule has 37 heavy (non-hydrogen) atoms. The highest BCUT2D eigenvalue weighted by Crippen LogP contribution is 2.36. The molecule has 0 radical (unpaired) electrons. The molecule has 0 spiro atoms. The van der Waals surface area contributed by atoms with Gasteiger partial charge in [-0.3, -0.25) is 14.9 Å². The SMILES string of the molecule is CCOc1cc(/C=C2\C(=O)NC(=O)N(c3ccccc3Cl)C2=O)cc(I)c1OCc1cc(C)cc(C)c1. The van der Waals surface area contributed by atoms with Crippen LogP contribution >= 0.6 is 34.2 Å². The van der Waals surface area contributed by atoms with Crippen molar-refractivity contribution in [1.29, 1.82) is 0 Å². The number of barbiturate groups is 1. The Morgan fingerprint density at radius 3 is 2.38 bits per heavy atom. The normalized spacial score (nSPS) is 14.7. The number of amides is 4. The van der Waals surface area contributed by atoms with Crippen LogP contribution in [0.15, 0.2) is 60.2 Å². The van der Waals surface area contributed by atoms with E-state index in [0.29, 0.717) is 30.3 Å². The molecule has 0 aromatic heterocycles. The van der Waals surface area contributed by atoms with Crippen LogP contribution in [0.25, 0.3) is 6.08 Å². The van der Waals surface area contributed by atoms with Gasteiger partial charge in [-0.25, -0.2) is 9.69 Å². The van der Waals surface area contributed by atoms with Crippen molar-refractivity contribution in [2.45, 2.75) is 27.4 Å². The summed E-state index contributed by atoms with van der Waals surface area (Å²) in [6.45, 7) is 6.69. The van der Waals surface area contributed by atoms with E-state index in [0.717, 1.165) is 25.2 Å². The van der Waals surface area contributed by atoms with E-state index in [1.807, 2.05) is 20.8 Å². The molecule has 3 aromatic rings. The van der Waals surface area contributed by atoms with E-state index in [9.17, 15) is 14.4 Å². The molecule has 3 aromatic carbocycles. The lowest BCUT2D eigenvalue weighted by atomic mass is 10.1. The van der Waals surface area contributed by atoms with Gasteiger partial charge in [0.1, 0.15) is 12.2 Å². The number of carbonyl (C=O) groups is 3. The van der Waals surface area contributed by atoms with Crippen LogP contribution in [0.4, 0.5) is 10.5 Å². The zero-order valence-corrected chi connectivity index (χ0v) is 23.3. The van der Waals surface area contributed by atoms with Crippen molar-refractivity contribution in [3.63, 3.8) is 0 Å². The lowest BCUT2D eigenvalue weighted by Crippen LogP contribution is -2.54. The summed E-state index contributed by atoms with van der Waals surface area (Å²) >= 11 is 8.34. The van der Waals surface area contributed by atoms with E-state index < -0.39 is 17.8 Å². The zero-order chi connectivity index (χ0) is 26.7. The standard InChI is InChI=1S/C28H24ClIN2O5/c1-4-36-24-14-18(13-22(30)25(24)37-15-19-10-16(2)9-17(3)11-19)12-20-26(33)31-28(35)32(27(20)34)23-8-6-5-7-21(23)29/h5-14H,4,15H2,1-3H3,(H,31,33,35)/b20-12+. The van der Waals surface area contributed by atoms with Crippen LogP contribution in [-0.2, 0) is 16.2 Å². The number of halogens is 2. The Morgan fingerprint density at radius 1 is 1.00 bits per heavy atom. The van der Waals surface area contributed by atoms with Gasteiger partial charge in [0.25, 0.3) is 11.8 Å². The molecule has 0 unspecified atom stereocenters. The van der Waals surface area contributed by atoms with Gasteiger partial charge in [0.15, 0.2) is 11.5 Å². The van der Waals surface area contributed by atoms with E-state index in [1.165, 1.54) is 12.1 Å². The number of urea groups is 1. The average Bonchev–Trinajstić information content (AvgIpc) is 2.82. The number of nitrogens with zero attached hydrogens (tertiary/aromatic N) is 1. The van der Waals surface area contributed by atoms with Crippen molar-refractivity contribution >= 4 is 63.8 Å². The highest BCUT2D eigenvalue weighted by molar-refractivity contribution is 14.1. The quantitative estimate of drug-likeness (QED) is 0.191. The molecule has 0 atom stereocenters. The van der Waals surface area contributed by atoms with Crippen LogP contribution in [0.2, 0.25) is 5.02 Å². The number of hydrogen-bond acceptors (Lipinski definition) is 5. The maximum Gasteiger partial charge on any atom is 0.335 e. The fourth-order valence-electron chi connectivity index (χ4n) is 4.06. The molecule has 4 amide bonds. The van der Waals surface area contributed by atoms with Gasteiger partial charge < -0.3 is 9.47 Å². The minimum Gasteiger partial charge on any atom is -0.490 e. The smallest absolute Gasteiger partial charge is 0.335 e. The van der Waals surface area contributed by atoms with Crippen molar-refractivity contribution in [1.82, 2.24) is 5.32 Å². The van der Waals surface area contributed by atoms with Gasteiger partial charge in [-0.1, -0.05) is 53.1 Å². The third-order valence-corrected chi connectivity index (χ3v) is 6.62. The van der Waals surface area contributed by atoms with Crippen LogP contribution in [-0.4, -0.2) is 24.5 Å². The van der Waals surface area contributed by atoms with Gasteiger partial charge in [0.05, 0.1) is 20.9 Å². The van der Waals surface area contributed by atoms with Crippen molar-refractivity contribution in [2.24, 2.45) is 0 Å². The maximum absolute atomic E-state index is 13.2. The number of carbonyl (C=O) groups excluding carboxylic acids is 3. The number of benzene rings is 3. The van der Waals surface area contributed by atoms with E-state index >= 15 is 0 Å². The van der Waals surface area contributed by atoms with Crippen LogP contribution in [0.5, 0.6) is 11.5 Å². The van der Waals surface area contributed by atoms with Crippen molar-refractivity contribution < 1.29 is 23.9 Å². The van der Waals surface area contributed by atoms with Crippen LogP contribution in [0.1, 0.15) is 29.2 Å². The predicted molar refractivity (Wildman–Crippen MR) is 151 cm³/mol. The monoisotopic (exact) mass is 630 g/mol. The molecule has 0 aliphatic carbocycles. The van der Waals surface area contributed by atoms with Gasteiger partial charge in [-0.05, 0) is 84.8 Å². The summed E-state index contributed by atoms with van der Waals surface area (Å²) in [5.74, 6) is -0.518. The first-order valence-corrected chi connectivity index (χ1v) is 13.0. The topological polar surface area (TPSA) is 84.9 Å². The van der Waals surface area contributed by atoms with Crippen LogP contribution < -0.4 is 19.7 Å². The molecule has 1 fully saturated rings. The highest BCUT2D eigenvalue weighted by Gasteiger charge is 2.37. The molecule has 9 heteroatoms. The van der Waals surface area contributed by atoms with E-state index in [4.69, 9.17) is 21.1 Å². The maximum atomic E-state index is 13.2. The number of ether oxygens (including phenoxy) is 2. The molecule has 7 nitrogen and oxygen atoms in total. The molecule has 0 bridgehead atoms. The Kier molecular flexibility index (Phi) is 8.19. The van der Waals surface area contributed by atoms with E-state index in [-0.39, 0.29) is 16.3 Å². The van der Waals surface area contributed by atoms with Gasteiger partial charge >= 0.3 is 6.03 Å². The summed E-state index contributed by atoms with van der Waals surface area (Å²) in [5, 5.41) is 2.42. The largest absolute Gasteiger partial charge is 0.490 e. The summed E-state index contributed by atoms with van der Waals surface area (Å²) in [5.41, 5.74) is 3.86. The molecule has 0 saturated carbocycles. The molecule has 1 aliphatic heterocycles. The van der Waals surface area contributed by atoms with Crippen LogP contribution in [0, 0.1) is 17.4 Å². The van der Waals surface area contributed by atoms with Gasteiger partial charge in [0, 0.05) is 0 Å². The Morgan fingerprint density at radius 2 is 1.70 bits per heavy atom. The second-order valence-corrected chi connectivity index (χ2v) is 10.0. The second kappa shape index (κ2) is 11.4. The Hall–Kier alpha value is -3.37. The van der Waals surface area contributed by atoms with Gasteiger partial charge in [-0.2, -0.15) is 0 Å². The van der Waals surface area contributed by atoms with Crippen molar-refractivity contribution in [3.05, 3.63) is 91.0 Å². The minimum absolute atomic E-state index is 0.185. The molecular formula is C28H24ClIN2O5. The fraction of sp³-hybridized carbons (Fsp3) is 0.179. The number of hydrogen-bond donors (Lipinski definition) is 1. The number of nitrogens with one attached hydrogen (secondary N) is 1. The van der Waals surface area contributed by atoms with E-state index in [2.05, 4.69) is 46.1 Å². The third-order valence-electron chi connectivity index (χ3n) is 5.50. The summed E-state index contributed by atoms with van der Waals surface area (Å²) in [6.07, 6.45) is 1.42. The summed E-state index contributed by atoms with van der Waals surface area (Å²) < 4.78 is 12.7. The van der Waals surface area contributed by atoms with Gasteiger partial charge in [-0.15, -0.1) is 0 Å². The summed E-state index contributed by atoms with van der Waals surface area (Å²) in [7, 11) is 0. The Balaban J connectivity index is 1.67. The number of rotatable bonds is 7. The first kappa shape index (κ1) is 26.7. The second-order valence-electron chi connectivity index (χ2n) is 8.46. The molecule has 1 aliphatic rings. The minimum atomic E-state index is -0.861. The number of para-hydroxylation sites is 1. The molecule has 1 N–H and O–H groups in total.